The Labute approximate surface area is 183 Å². The second-order valence-corrected chi connectivity index (χ2v) is 7.40. The number of carbonyl (C=O) groups excluding carboxylic acids is 5. The molecule has 1 aromatic heterocycles. The maximum atomic E-state index is 12.9. The van der Waals surface area contributed by atoms with E-state index in [4.69, 9.17) is 15.2 Å². The van der Waals surface area contributed by atoms with Crippen LogP contribution in [0.25, 0.3) is 10.9 Å². The van der Waals surface area contributed by atoms with E-state index in [1.807, 2.05) is 24.3 Å². The number of H-pyrrole nitrogens is 1. The molecule has 0 saturated carbocycles. The van der Waals surface area contributed by atoms with Gasteiger partial charge in [-0.1, -0.05) is 18.2 Å². The number of carbonyl (C=O) groups is 5. The third-order valence-electron chi connectivity index (χ3n) is 5.12. The Morgan fingerprint density at radius 2 is 1.97 bits per heavy atom. The molecule has 1 aliphatic rings. The summed E-state index contributed by atoms with van der Waals surface area (Å²) < 4.78 is 9.69. The van der Waals surface area contributed by atoms with Crippen LogP contribution in [0.4, 0.5) is 0 Å². The van der Waals surface area contributed by atoms with Crippen LogP contribution < -0.4 is 16.4 Å². The lowest BCUT2D eigenvalue weighted by Crippen LogP contribution is -2.55. The van der Waals surface area contributed by atoms with Crippen LogP contribution in [0.1, 0.15) is 24.8 Å². The number of amides is 3. The van der Waals surface area contributed by atoms with Gasteiger partial charge < -0.3 is 30.8 Å². The zero-order valence-electron chi connectivity index (χ0n) is 17.4. The summed E-state index contributed by atoms with van der Waals surface area (Å²) in [6.45, 7) is 0. The van der Waals surface area contributed by atoms with Gasteiger partial charge in [-0.05, 0) is 11.6 Å². The number of aromatic amines is 1. The average molecular weight is 444 g/mol. The highest BCUT2D eigenvalue weighted by atomic mass is 16.6. The number of nitrogens with one attached hydrogen (secondary N) is 3. The SMILES string of the molecule is COC(=O)C(Cc1c[nH]c2ccccc12)NC(=O)C(CC(N)=O)NC(=O)C1CCC(=O)O1. The molecule has 3 rings (SSSR count). The second kappa shape index (κ2) is 9.94. The van der Waals surface area contributed by atoms with Crippen molar-refractivity contribution >= 4 is 40.6 Å². The van der Waals surface area contributed by atoms with Crippen LogP contribution in [-0.2, 0) is 39.9 Å². The molecule has 2 aromatic rings. The van der Waals surface area contributed by atoms with Gasteiger partial charge in [0.1, 0.15) is 12.1 Å². The van der Waals surface area contributed by atoms with Crippen molar-refractivity contribution in [2.75, 3.05) is 7.11 Å². The summed E-state index contributed by atoms with van der Waals surface area (Å²) in [5, 5.41) is 5.77. The van der Waals surface area contributed by atoms with Gasteiger partial charge in [-0.3, -0.25) is 19.2 Å². The van der Waals surface area contributed by atoms with E-state index in [-0.39, 0.29) is 19.3 Å². The van der Waals surface area contributed by atoms with Gasteiger partial charge in [0.25, 0.3) is 5.91 Å². The molecule has 170 valence electrons. The number of fused-ring (bicyclic) bond motifs is 1. The van der Waals surface area contributed by atoms with E-state index in [0.29, 0.717) is 0 Å². The molecule has 2 heterocycles. The summed E-state index contributed by atoms with van der Waals surface area (Å²) in [6.07, 6.45) is 0.539. The van der Waals surface area contributed by atoms with E-state index in [1.54, 1.807) is 6.20 Å². The maximum absolute atomic E-state index is 12.9. The number of ether oxygens (including phenoxy) is 2. The largest absolute Gasteiger partial charge is 0.467 e. The number of primary amides is 1. The van der Waals surface area contributed by atoms with E-state index in [2.05, 4.69) is 15.6 Å². The lowest BCUT2D eigenvalue weighted by Gasteiger charge is -2.22. The molecule has 0 radical (unpaired) electrons. The summed E-state index contributed by atoms with van der Waals surface area (Å²) in [5.41, 5.74) is 6.85. The minimum atomic E-state index is -1.35. The monoisotopic (exact) mass is 444 g/mol. The van der Waals surface area contributed by atoms with Gasteiger partial charge in [0, 0.05) is 36.4 Å². The van der Waals surface area contributed by atoms with Gasteiger partial charge in [-0.15, -0.1) is 0 Å². The Morgan fingerprint density at radius 1 is 1.22 bits per heavy atom. The molecule has 5 N–H and O–H groups in total. The number of cyclic esters (lactones) is 1. The molecule has 32 heavy (non-hydrogen) atoms. The van der Waals surface area contributed by atoms with Crippen molar-refractivity contribution in [1.82, 2.24) is 15.6 Å². The van der Waals surface area contributed by atoms with Crippen LogP contribution in [0.2, 0.25) is 0 Å². The molecular weight excluding hydrogens is 420 g/mol. The molecule has 3 amide bonds. The standard InChI is InChI=1S/C21H24N4O7/c1-31-21(30)15(8-11-10-23-13-5-3-2-4-12(11)13)25-19(28)14(9-17(22)26)24-20(29)16-6-7-18(27)32-16/h2-5,10,14-16,23H,6-9H2,1H3,(H2,22,26)(H,24,29)(H,25,28). The predicted molar refractivity (Wildman–Crippen MR) is 111 cm³/mol. The summed E-state index contributed by atoms with van der Waals surface area (Å²) in [4.78, 5) is 63.3. The van der Waals surface area contributed by atoms with Crippen LogP contribution >= 0.6 is 0 Å². The zero-order chi connectivity index (χ0) is 23.3. The Kier molecular flexibility index (Phi) is 7.08. The molecule has 1 aromatic carbocycles. The second-order valence-electron chi connectivity index (χ2n) is 7.40. The fourth-order valence-corrected chi connectivity index (χ4v) is 3.51. The van der Waals surface area contributed by atoms with Crippen molar-refractivity contribution in [3.05, 3.63) is 36.0 Å². The van der Waals surface area contributed by atoms with Crippen molar-refractivity contribution in [2.24, 2.45) is 5.73 Å². The van der Waals surface area contributed by atoms with Gasteiger partial charge in [0.05, 0.1) is 13.5 Å². The third kappa shape index (κ3) is 5.42. The minimum absolute atomic E-state index is 0.0831. The fraction of sp³-hybridized carbons (Fsp3) is 0.381. The average Bonchev–Trinajstić information content (AvgIpc) is 3.38. The van der Waals surface area contributed by atoms with Gasteiger partial charge >= 0.3 is 11.9 Å². The van der Waals surface area contributed by atoms with Gasteiger partial charge in [0.15, 0.2) is 6.10 Å². The van der Waals surface area contributed by atoms with Crippen molar-refractivity contribution in [1.29, 1.82) is 0 Å². The van der Waals surface area contributed by atoms with Crippen molar-refractivity contribution in [3.8, 4) is 0 Å². The van der Waals surface area contributed by atoms with Gasteiger partial charge in [-0.25, -0.2) is 4.79 Å². The first kappa shape index (κ1) is 22.8. The molecule has 11 nitrogen and oxygen atoms in total. The number of aromatic nitrogens is 1. The van der Waals surface area contributed by atoms with E-state index < -0.39 is 54.3 Å². The van der Waals surface area contributed by atoms with Crippen molar-refractivity contribution in [3.63, 3.8) is 0 Å². The van der Waals surface area contributed by atoms with Crippen LogP contribution in [-0.4, -0.2) is 59.9 Å². The number of methoxy groups -OCH3 is 1. The Bertz CT molecular complexity index is 1050. The van der Waals surface area contributed by atoms with E-state index in [1.165, 1.54) is 7.11 Å². The molecule has 0 spiro atoms. The molecular formula is C21H24N4O7. The van der Waals surface area contributed by atoms with E-state index >= 15 is 0 Å². The lowest BCUT2D eigenvalue weighted by molar-refractivity contribution is -0.149. The van der Waals surface area contributed by atoms with Crippen molar-refractivity contribution < 1.29 is 33.4 Å². The van der Waals surface area contributed by atoms with Gasteiger partial charge in [0.2, 0.25) is 11.8 Å². The van der Waals surface area contributed by atoms with Crippen LogP contribution in [0.3, 0.4) is 0 Å². The molecule has 1 fully saturated rings. The summed E-state index contributed by atoms with van der Waals surface area (Å²) in [6, 6.07) is 5.02. The first-order valence-electron chi connectivity index (χ1n) is 9.99. The quantitative estimate of drug-likeness (QED) is 0.375. The molecule has 11 heteroatoms. The molecule has 3 atom stereocenters. The first-order chi connectivity index (χ1) is 15.3. The highest BCUT2D eigenvalue weighted by Crippen LogP contribution is 2.19. The molecule has 1 saturated heterocycles. The van der Waals surface area contributed by atoms with E-state index in [9.17, 15) is 24.0 Å². The highest BCUT2D eigenvalue weighted by Gasteiger charge is 2.34. The predicted octanol–water partition coefficient (Wildman–Crippen LogP) is -0.566. The van der Waals surface area contributed by atoms with Crippen molar-refractivity contribution in [2.45, 2.75) is 43.9 Å². The fourth-order valence-electron chi connectivity index (χ4n) is 3.51. The lowest BCUT2D eigenvalue weighted by atomic mass is 10.0. The summed E-state index contributed by atoms with van der Waals surface area (Å²) in [7, 11) is 1.19. The Hall–Kier alpha value is -3.89. The Morgan fingerprint density at radius 3 is 2.62 bits per heavy atom. The van der Waals surface area contributed by atoms with Crippen LogP contribution in [0.5, 0.6) is 0 Å². The zero-order valence-corrected chi connectivity index (χ0v) is 17.4. The number of para-hydroxylation sites is 1. The molecule has 3 unspecified atom stereocenters. The maximum Gasteiger partial charge on any atom is 0.328 e. The number of hydrogen-bond donors (Lipinski definition) is 4. The minimum Gasteiger partial charge on any atom is -0.467 e. The number of nitrogens with two attached hydrogens (primary N) is 1. The molecule has 0 aliphatic carbocycles. The summed E-state index contributed by atoms with van der Waals surface area (Å²) in [5.74, 6) is -3.57. The summed E-state index contributed by atoms with van der Waals surface area (Å²) >= 11 is 0. The first-order valence-corrected chi connectivity index (χ1v) is 9.99. The molecule has 1 aliphatic heterocycles. The van der Waals surface area contributed by atoms with E-state index in [0.717, 1.165) is 16.5 Å². The molecule has 0 bridgehead atoms. The number of hydrogen-bond acceptors (Lipinski definition) is 7. The number of benzene rings is 1. The van der Waals surface area contributed by atoms with Crippen LogP contribution in [0.15, 0.2) is 30.5 Å². The topological polar surface area (TPSA) is 170 Å². The van der Waals surface area contributed by atoms with Crippen LogP contribution in [0, 0.1) is 0 Å². The third-order valence-corrected chi connectivity index (χ3v) is 5.12. The smallest absolute Gasteiger partial charge is 0.328 e. The Balaban J connectivity index is 1.74. The number of rotatable bonds is 9. The number of esters is 2. The van der Waals surface area contributed by atoms with Gasteiger partial charge in [-0.2, -0.15) is 0 Å². The highest BCUT2D eigenvalue weighted by molar-refractivity contribution is 5.95. The normalized spacial score (nSPS) is 17.3.